The van der Waals surface area contributed by atoms with Gasteiger partial charge in [-0.2, -0.15) is 0 Å². The molecule has 0 saturated heterocycles. The van der Waals surface area contributed by atoms with Gasteiger partial charge in [0.1, 0.15) is 6.29 Å². The van der Waals surface area contributed by atoms with Gasteiger partial charge in [0.25, 0.3) is 0 Å². The van der Waals surface area contributed by atoms with Crippen LogP contribution >= 0.6 is 31.9 Å². The quantitative estimate of drug-likeness (QED) is 0.451. The van der Waals surface area contributed by atoms with Crippen LogP contribution in [0.25, 0.3) is 0 Å². The first-order chi connectivity index (χ1) is 9.28. The van der Waals surface area contributed by atoms with Crippen LogP contribution in [0.4, 0.5) is 0 Å². The number of rotatable bonds is 9. The summed E-state index contributed by atoms with van der Waals surface area (Å²) >= 11 is 6.68. The summed E-state index contributed by atoms with van der Waals surface area (Å²) in [6.45, 7) is 4.87. The van der Waals surface area contributed by atoms with Gasteiger partial charge in [0, 0.05) is 12.3 Å². The first-order valence-corrected chi connectivity index (χ1v) is 8.32. The second kappa shape index (κ2) is 7.18. The Bertz CT molecular complexity index is 405. The van der Waals surface area contributed by atoms with Crippen molar-refractivity contribution in [3.05, 3.63) is 9.47 Å². The van der Waals surface area contributed by atoms with Crippen molar-refractivity contribution in [3.63, 3.8) is 0 Å². The molecule has 1 saturated carbocycles. The lowest BCUT2D eigenvalue weighted by Crippen LogP contribution is -2.39. The average Bonchev–Trinajstić information content (AvgIpc) is 2.79. The first kappa shape index (κ1) is 17.9. The highest BCUT2D eigenvalue weighted by atomic mass is 79.9. The molecule has 0 bridgehead atoms. The van der Waals surface area contributed by atoms with Gasteiger partial charge in [-0.05, 0) is 56.7 Å². The van der Waals surface area contributed by atoms with Crippen molar-refractivity contribution in [2.45, 2.75) is 45.1 Å². The normalized spacial score (nSPS) is 26.9. The number of unbranched alkanes of at least 4 members (excludes halogenated alkanes) is 2. The Kier molecular flexibility index (Phi) is 6.41. The van der Waals surface area contributed by atoms with Crippen molar-refractivity contribution >= 4 is 44.1 Å². The van der Waals surface area contributed by atoms with E-state index in [4.69, 9.17) is 5.11 Å². The Hall–Kier alpha value is -0.200. The van der Waals surface area contributed by atoms with Gasteiger partial charge in [-0.3, -0.25) is 4.79 Å². The van der Waals surface area contributed by atoms with Crippen LogP contribution in [0.3, 0.4) is 0 Å². The molecule has 1 rings (SSSR count). The molecule has 0 aromatic rings. The third-order valence-electron chi connectivity index (χ3n) is 4.21. The Labute approximate surface area is 136 Å². The maximum Gasteiger partial charge on any atom is 0.303 e. The van der Waals surface area contributed by atoms with Crippen LogP contribution in [0.2, 0.25) is 0 Å². The molecule has 0 aromatic heterocycles. The Morgan fingerprint density at radius 1 is 1.30 bits per heavy atom. The first-order valence-electron chi connectivity index (χ1n) is 6.74. The second-order valence-corrected chi connectivity index (χ2v) is 8.55. The molecule has 2 atom stereocenters. The van der Waals surface area contributed by atoms with E-state index >= 15 is 0 Å². The summed E-state index contributed by atoms with van der Waals surface area (Å²) < 4.78 is 0.857. The molecular formula is C14H21Br2NO3. The third-order valence-corrected chi connectivity index (χ3v) is 4.74. The summed E-state index contributed by atoms with van der Waals surface area (Å²) in [5, 5.41) is 11.9. The average molecular weight is 411 g/mol. The molecule has 2 N–H and O–H groups in total. The summed E-state index contributed by atoms with van der Waals surface area (Å²) in [5.41, 5.74) is -0.616. The summed E-state index contributed by atoms with van der Waals surface area (Å²) in [7, 11) is 0. The van der Waals surface area contributed by atoms with E-state index in [0.29, 0.717) is 6.42 Å². The zero-order chi connectivity index (χ0) is 15.4. The molecule has 6 heteroatoms. The maximum atomic E-state index is 11.5. The molecule has 1 aliphatic carbocycles. The standard InChI is InChI=1S/C14H21Br2NO3/c1-13(2)10(8-11(15)16)14(13,9-18)17-7-5-3-4-6-12(19)20/h8-10,17H,3-7H2,1-2H3,(H,19,20). The summed E-state index contributed by atoms with van der Waals surface area (Å²) in [4.78, 5) is 21.9. The van der Waals surface area contributed by atoms with Crippen molar-refractivity contribution in [2.24, 2.45) is 11.3 Å². The van der Waals surface area contributed by atoms with Gasteiger partial charge in [0.2, 0.25) is 0 Å². The smallest absolute Gasteiger partial charge is 0.303 e. The van der Waals surface area contributed by atoms with Gasteiger partial charge in [-0.25, -0.2) is 0 Å². The zero-order valence-electron chi connectivity index (χ0n) is 11.8. The molecule has 0 aromatic carbocycles. The van der Waals surface area contributed by atoms with Gasteiger partial charge in [-0.1, -0.05) is 26.3 Å². The number of hydrogen-bond donors (Lipinski definition) is 2. The molecule has 4 nitrogen and oxygen atoms in total. The van der Waals surface area contributed by atoms with E-state index in [9.17, 15) is 9.59 Å². The van der Waals surface area contributed by atoms with Crippen molar-refractivity contribution < 1.29 is 14.7 Å². The van der Waals surface area contributed by atoms with Gasteiger partial charge >= 0.3 is 5.97 Å². The summed E-state index contributed by atoms with van der Waals surface area (Å²) in [5.74, 6) is -0.599. The maximum absolute atomic E-state index is 11.5. The van der Waals surface area contributed by atoms with Crippen molar-refractivity contribution in [1.82, 2.24) is 5.32 Å². The van der Waals surface area contributed by atoms with Crippen LogP contribution < -0.4 is 5.32 Å². The minimum absolute atomic E-state index is 0.109. The van der Waals surface area contributed by atoms with Crippen molar-refractivity contribution in [1.29, 1.82) is 0 Å². The van der Waals surface area contributed by atoms with E-state index in [1.165, 1.54) is 0 Å². The van der Waals surface area contributed by atoms with Gasteiger partial charge in [0.15, 0.2) is 0 Å². The molecule has 1 fully saturated rings. The van der Waals surface area contributed by atoms with Gasteiger partial charge in [0.05, 0.1) is 8.93 Å². The predicted molar refractivity (Wildman–Crippen MR) is 86.1 cm³/mol. The van der Waals surface area contributed by atoms with E-state index in [-0.39, 0.29) is 17.8 Å². The molecule has 0 amide bonds. The Morgan fingerprint density at radius 3 is 2.45 bits per heavy atom. The number of aliphatic carboxylic acids is 1. The highest BCUT2D eigenvalue weighted by Crippen LogP contribution is 2.61. The molecule has 20 heavy (non-hydrogen) atoms. The third kappa shape index (κ3) is 3.92. The van der Waals surface area contributed by atoms with Crippen molar-refractivity contribution in [2.75, 3.05) is 6.54 Å². The molecule has 114 valence electrons. The number of carbonyl (C=O) groups is 2. The molecule has 0 spiro atoms. The van der Waals surface area contributed by atoms with E-state index in [0.717, 1.165) is 29.1 Å². The molecule has 0 aliphatic heterocycles. The monoisotopic (exact) mass is 409 g/mol. The molecule has 0 heterocycles. The summed E-state index contributed by atoms with van der Waals surface area (Å²) in [6.07, 6.45) is 5.65. The fourth-order valence-electron chi connectivity index (χ4n) is 2.78. The lowest BCUT2D eigenvalue weighted by molar-refractivity contribution is -0.137. The van der Waals surface area contributed by atoms with E-state index in [1.807, 2.05) is 6.08 Å². The van der Waals surface area contributed by atoms with E-state index in [1.54, 1.807) is 0 Å². The minimum atomic E-state index is -0.752. The molecule has 2 unspecified atom stereocenters. The number of hydrogen-bond acceptors (Lipinski definition) is 3. The molecule has 1 aliphatic rings. The van der Waals surface area contributed by atoms with Crippen LogP contribution in [0.5, 0.6) is 0 Å². The van der Waals surface area contributed by atoms with E-state index < -0.39 is 11.5 Å². The SMILES string of the molecule is CC1(C)C(C=C(Br)Br)C1(C=O)NCCCCCC(=O)O. The number of carbonyl (C=O) groups excluding carboxylic acids is 1. The van der Waals surface area contributed by atoms with Crippen LogP contribution in [0.15, 0.2) is 9.47 Å². The van der Waals surface area contributed by atoms with Crippen LogP contribution in [-0.4, -0.2) is 29.4 Å². The van der Waals surface area contributed by atoms with Crippen LogP contribution in [-0.2, 0) is 9.59 Å². The van der Waals surface area contributed by atoms with Gasteiger partial charge < -0.3 is 15.2 Å². The highest BCUT2D eigenvalue weighted by molar-refractivity contribution is 9.28. The number of halogens is 2. The number of nitrogens with one attached hydrogen (secondary N) is 1. The number of aldehydes is 1. The summed E-state index contributed by atoms with van der Waals surface area (Å²) in [6, 6.07) is 0. The minimum Gasteiger partial charge on any atom is -0.481 e. The Balaban J connectivity index is 2.42. The number of carboxylic acid groups (broad SMARTS) is 1. The van der Waals surface area contributed by atoms with Crippen LogP contribution in [0, 0.1) is 11.3 Å². The molecular weight excluding hydrogens is 390 g/mol. The fraction of sp³-hybridized carbons (Fsp3) is 0.714. The fourth-order valence-corrected chi connectivity index (χ4v) is 3.31. The van der Waals surface area contributed by atoms with E-state index in [2.05, 4.69) is 51.0 Å². The predicted octanol–water partition coefficient (Wildman–Crippen LogP) is 3.45. The van der Waals surface area contributed by atoms with Gasteiger partial charge in [-0.15, -0.1) is 0 Å². The Morgan fingerprint density at radius 2 is 1.95 bits per heavy atom. The molecule has 0 radical (unpaired) electrons. The largest absolute Gasteiger partial charge is 0.481 e. The van der Waals surface area contributed by atoms with Crippen LogP contribution in [0.1, 0.15) is 39.5 Å². The van der Waals surface area contributed by atoms with Crippen molar-refractivity contribution in [3.8, 4) is 0 Å². The topological polar surface area (TPSA) is 66.4 Å². The lowest BCUT2D eigenvalue weighted by Gasteiger charge is -2.15. The second-order valence-electron chi connectivity index (χ2n) is 5.77. The lowest BCUT2D eigenvalue weighted by atomic mass is 10.1. The zero-order valence-corrected chi connectivity index (χ0v) is 15.0. The highest BCUT2D eigenvalue weighted by Gasteiger charge is 2.70. The number of carboxylic acids is 1.